The highest BCUT2D eigenvalue weighted by Crippen LogP contribution is 2.34. The lowest BCUT2D eigenvalue weighted by molar-refractivity contribution is -0.134. The topological polar surface area (TPSA) is 41.6 Å². The van der Waals surface area contributed by atoms with Crippen molar-refractivity contribution in [2.24, 2.45) is 5.92 Å². The SMILES string of the molecule is CN(CCCOc1ccccc1)C(=O)C1CC2CCC1N2. The molecule has 2 fully saturated rings. The standard InChI is InChI=1S/C17H24N2O2/c1-19(10-5-11-21-14-6-3-2-4-7-14)17(20)15-12-13-8-9-16(15)18-13/h2-4,6-7,13,15-16,18H,5,8-12H2,1H3. The average molecular weight is 288 g/mol. The first kappa shape index (κ1) is 14.4. The Balaban J connectivity index is 1.38. The molecule has 3 atom stereocenters. The average Bonchev–Trinajstić information content (AvgIpc) is 3.14. The van der Waals surface area contributed by atoms with Crippen molar-refractivity contribution in [3.05, 3.63) is 30.3 Å². The molecule has 2 saturated heterocycles. The number of carbonyl (C=O) groups is 1. The molecule has 3 rings (SSSR count). The molecule has 1 aromatic rings. The summed E-state index contributed by atoms with van der Waals surface area (Å²) in [5, 5.41) is 3.53. The Morgan fingerprint density at radius 1 is 1.33 bits per heavy atom. The van der Waals surface area contributed by atoms with E-state index in [0.717, 1.165) is 31.6 Å². The molecule has 0 aliphatic carbocycles. The van der Waals surface area contributed by atoms with Crippen molar-refractivity contribution in [2.45, 2.75) is 37.8 Å². The molecule has 0 spiro atoms. The van der Waals surface area contributed by atoms with Crippen molar-refractivity contribution < 1.29 is 9.53 Å². The van der Waals surface area contributed by atoms with Gasteiger partial charge in [-0.15, -0.1) is 0 Å². The van der Waals surface area contributed by atoms with Gasteiger partial charge in [0, 0.05) is 25.7 Å². The van der Waals surface area contributed by atoms with Crippen molar-refractivity contribution in [2.75, 3.05) is 20.2 Å². The fourth-order valence-electron chi connectivity index (χ4n) is 3.50. The summed E-state index contributed by atoms with van der Waals surface area (Å²) >= 11 is 0. The first-order chi connectivity index (χ1) is 10.2. The molecule has 2 bridgehead atoms. The van der Waals surface area contributed by atoms with E-state index < -0.39 is 0 Å². The third-order valence-corrected chi connectivity index (χ3v) is 4.64. The highest BCUT2D eigenvalue weighted by molar-refractivity contribution is 5.80. The molecule has 1 N–H and O–H groups in total. The van der Waals surface area contributed by atoms with Crippen LogP contribution in [-0.4, -0.2) is 43.1 Å². The van der Waals surface area contributed by atoms with E-state index >= 15 is 0 Å². The first-order valence-corrected chi connectivity index (χ1v) is 7.93. The number of hydrogen-bond donors (Lipinski definition) is 1. The number of nitrogens with one attached hydrogen (secondary N) is 1. The summed E-state index contributed by atoms with van der Waals surface area (Å²) in [7, 11) is 1.91. The molecule has 21 heavy (non-hydrogen) atoms. The van der Waals surface area contributed by atoms with Gasteiger partial charge in [0.25, 0.3) is 0 Å². The third-order valence-electron chi connectivity index (χ3n) is 4.64. The van der Waals surface area contributed by atoms with Gasteiger partial charge in [0.05, 0.1) is 12.5 Å². The van der Waals surface area contributed by atoms with Crippen LogP contribution in [0.3, 0.4) is 0 Å². The van der Waals surface area contributed by atoms with E-state index in [1.165, 1.54) is 6.42 Å². The van der Waals surface area contributed by atoms with Crippen LogP contribution in [0.25, 0.3) is 0 Å². The van der Waals surface area contributed by atoms with Gasteiger partial charge in [-0.25, -0.2) is 0 Å². The van der Waals surface area contributed by atoms with Crippen LogP contribution in [0.1, 0.15) is 25.7 Å². The Morgan fingerprint density at radius 3 is 2.81 bits per heavy atom. The molecule has 1 amide bonds. The van der Waals surface area contributed by atoms with Crippen molar-refractivity contribution in [1.29, 1.82) is 0 Å². The molecule has 2 heterocycles. The number of rotatable bonds is 6. The summed E-state index contributed by atoms with van der Waals surface area (Å²) in [6, 6.07) is 10.8. The van der Waals surface area contributed by atoms with Crippen LogP contribution < -0.4 is 10.1 Å². The monoisotopic (exact) mass is 288 g/mol. The zero-order valence-corrected chi connectivity index (χ0v) is 12.6. The molecule has 2 aliphatic rings. The van der Waals surface area contributed by atoms with Gasteiger partial charge in [-0.2, -0.15) is 0 Å². The maximum atomic E-state index is 12.4. The molecular formula is C17H24N2O2. The fraction of sp³-hybridized carbons (Fsp3) is 0.588. The minimum absolute atomic E-state index is 0.198. The number of amides is 1. The normalized spacial score (nSPS) is 26.8. The molecule has 0 aromatic heterocycles. The van der Waals surface area contributed by atoms with Crippen molar-refractivity contribution in [3.8, 4) is 5.75 Å². The Morgan fingerprint density at radius 2 is 2.14 bits per heavy atom. The highest BCUT2D eigenvalue weighted by atomic mass is 16.5. The van der Waals surface area contributed by atoms with Gasteiger partial charge in [-0.05, 0) is 37.8 Å². The van der Waals surface area contributed by atoms with Crippen LogP contribution in [0.4, 0.5) is 0 Å². The molecule has 0 saturated carbocycles. The molecule has 4 nitrogen and oxygen atoms in total. The fourth-order valence-corrected chi connectivity index (χ4v) is 3.50. The largest absolute Gasteiger partial charge is 0.494 e. The molecule has 1 aromatic carbocycles. The summed E-state index contributed by atoms with van der Waals surface area (Å²) in [5.74, 6) is 1.39. The van der Waals surface area contributed by atoms with Crippen LogP contribution in [0.15, 0.2) is 30.3 Å². The van der Waals surface area contributed by atoms with E-state index in [1.54, 1.807) is 0 Å². The molecule has 4 heteroatoms. The van der Waals surface area contributed by atoms with Gasteiger partial charge in [-0.1, -0.05) is 18.2 Å². The Bertz CT molecular complexity index is 477. The quantitative estimate of drug-likeness (QED) is 0.815. The predicted molar refractivity (Wildman–Crippen MR) is 82.2 cm³/mol. The summed E-state index contributed by atoms with van der Waals surface area (Å²) in [5.41, 5.74) is 0. The first-order valence-electron chi connectivity index (χ1n) is 7.93. The predicted octanol–water partition coefficient (Wildman–Crippen LogP) is 2.05. The molecule has 114 valence electrons. The van der Waals surface area contributed by atoms with E-state index in [1.807, 2.05) is 42.3 Å². The maximum absolute atomic E-state index is 12.4. The van der Waals surface area contributed by atoms with E-state index in [0.29, 0.717) is 24.6 Å². The molecule has 2 aliphatic heterocycles. The van der Waals surface area contributed by atoms with Crippen molar-refractivity contribution in [1.82, 2.24) is 10.2 Å². The smallest absolute Gasteiger partial charge is 0.227 e. The highest BCUT2D eigenvalue weighted by Gasteiger charge is 2.43. The van der Waals surface area contributed by atoms with Gasteiger partial charge >= 0.3 is 0 Å². The lowest BCUT2D eigenvalue weighted by atomic mass is 9.88. The second-order valence-corrected chi connectivity index (χ2v) is 6.16. The lowest BCUT2D eigenvalue weighted by Gasteiger charge is -2.25. The molecule has 3 unspecified atom stereocenters. The van der Waals surface area contributed by atoms with Crippen LogP contribution in [-0.2, 0) is 4.79 Å². The zero-order valence-electron chi connectivity index (χ0n) is 12.6. The van der Waals surface area contributed by atoms with Gasteiger partial charge < -0.3 is 15.0 Å². The van der Waals surface area contributed by atoms with Gasteiger partial charge in [0.1, 0.15) is 5.75 Å². The third kappa shape index (κ3) is 3.38. The van der Waals surface area contributed by atoms with Gasteiger partial charge in [-0.3, -0.25) is 4.79 Å². The number of hydrogen-bond acceptors (Lipinski definition) is 3. The summed E-state index contributed by atoms with van der Waals surface area (Å²) in [4.78, 5) is 14.3. The van der Waals surface area contributed by atoms with Gasteiger partial charge in [0.15, 0.2) is 0 Å². The van der Waals surface area contributed by atoms with Crippen LogP contribution in [0, 0.1) is 5.92 Å². The minimum atomic E-state index is 0.198. The second kappa shape index (κ2) is 6.48. The molecule has 0 radical (unpaired) electrons. The number of ether oxygens (including phenoxy) is 1. The summed E-state index contributed by atoms with van der Waals surface area (Å²) in [6.45, 7) is 1.41. The van der Waals surface area contributed by atoms with Gasteiger partial charge in [0.2, 0.25) is 5.91 Å². The maximum Gasteiger partial charge on any atom is 0.227 e. The van der Waals surface area contributed by atoms with Crippen molar-refractivity contribution in [3.63, 3.8) is 0 Å². The van der Waals surface area contributed by atoms with Crippen molar-refractivity contribution >= 4 is 5.91 Å². The minimum Gasteiger partial charge on any atom is -0.494 e. The van der Waals surface area contributed by atoms with E-state index in [-0.39, 0.29) is 5.92 Å². The Labute approximate surface area is 126 Å². The number of para-hydroxylation sites is 1. The number of fused-ring (bicyclic) bond motifs is 2. The van der Waals surface area contributed by atoms with E-state index in [4.69, 9.17) is 4.74 Å². The Kier molecular flexibility index (Phi) is 4.44. The summed E-state index contributed by atoms with van der Waals surface area (Å²) in [6.07, 6.45) is 4.29. The second-order valence-electron chi connectivity index (χ2n) is 6.16. The van der Waals surface area contributed by atoms with E-state index in [2.05, 4.69) is 5.32 Å². The number of nitrogens with zero attached hydrogens (tertiary/aromatic N) is 1. The van der Waals surface area contributed by atoms with Crippen LogP contribution in [0.2, 0.25) is 0 Å². The lowest BCUT2D eigenvalue weighted by Crippen LogP contribution is -2.39. The zero-order chi connectivity index (χ0) is 14.7. The molecular weight excluding hydrogens is 264 g/mol. The number of benzene rings is 1. The van der Waals surface area contributed by atoms with E-state index in [9.17, 15) is 4.79 Å². The van der Waals surface area contributed by atoms with Crippen LogP contribution >= 0.6 is 0 Å². The number of carbonyl (C=O) groups excluding carboxylic acids is 1. The van der Waals surface area contributed by atoms with Crippen LogP contribution in [0.5, 0.6) is 5.75 Å². The Hall–Kier alpha value is -1.55. The summed E-state index contributed by atoms with van der Waals surface area (Å²) < 4.78 is 5.66.